The van der Waals surface area contributed by atoms with E-state index in [0.717, 1.165) is 0 Å². The molecule has 0 saturated heterocycles. The molecule has 2 aromatic rings. The lowest BCUT2D eigenvalue weighted by atomic mass is 10.2. The molecule has 0 fully saturated rings. The molecule has 0 aliphatic rings. The quantitative estimate of drug-likeness (QED) is 0.515. The van der Waals surface area contributed by atoms with Crippen molar-refractivity contribution in [1.82, 2.24) is 9.97 Å². The average Bonchev–Trinajstić information content (AvgIpc) is 2.94. The molecule has 0 radical (unpaired) electrons. The number of aromatic nitrogens is 2. The van der Waals surface area contributed by atoms with Crippen LogP contribution in [-0.4, -0.2) is 15.8 Å². The maximum Gasteiger partial charge on any atom is 0.214 e. The molecule has 6 heteroatoms. The second-order valence-corrected chi connectivity index (χ2v) is 4.16. The van der Waals surface area contributed by atoms with Crippen LogP contribution >= 0.6 is 11.3 Å². The van der Waals surface area contributed by atoms with E-state index >= 15 is 0 Å². The number of carbonyl (C=O) groups is 1. The predicted octanol–water partition coefficient (Wildman–Crippen LogP) is 2.24. The molecule has 88 valence electrons. The van der Waals surface area contributed by atoms with Gasteiger partial charge in [0.1, 0.15) is 17.5 Å². The first kappa shape index (κ1) is 12.0. The summed E-state index contributed by atoms with van der Waals surface area (Å²) in [4.78, 5) is 20.3. The Morgan fingerprint density at radius 2 is 2.39 bits per heavy atom. The van der Waals surface area contributed by atoms with Gasteiger partial charge in [-0.2, -0.15) is 5.26 Å². The molecular formula is C12H8N4OS. The number of hydrogen-bond donors (Lipinski definition) is 1. The molecule has 0 spiro atoms. The Bertz CT molecular complexity index is 599. The van der Waals surface area contributed by atoms with Crippen molar-refractivity contribution in [3.8, 4) is 6.07 Å². The molecule has 0 bridgehead atoms. The van der Waals surface area contributed by atoms with Gasteiger partial charge in [-0.1, -0.05) is 6.07 Å². The van der Waals surface area contributed by atoms with Crippen LogP contribution in [0.2, 0.25) is 0 Å². The van der Waals surface area contributed by atoms with Crippen LogP contribution in [0.1, 0.15) is 9.67 Å². The number of anilines is 1. The largest absolute Gasteiger partial charge is 0.344 e. The zero-order valence-electron chi connectivity index (χ0n) is 9.20. The van der Waals surface area contributed by atoms with Crippen LogP contribution in [-0.2, 0) is 0 Å². The van der Waals surface area contributed by atoms with Gasteiger partial charge in [-0.3, -0.25) is 9.78 Å². The molecule has 0 aliphatic carbocycles. The standard InChI is InChI=1S/C12H8N4OS/c13-6-9(12(17)10-2-1-5-18-10)7-16-11-8-14-3-4-15-11/h1-5,7-8H,(H,15,16). The van der Waals surface area contributed by atoms with E-state index in [1.807, 2.05) is 6.07 Å². The van der Waals surface area contributed by atoms with E-state index in [1.54, 1.807) is 17.5 Å². The van der Waals surface area contributed by atoms with Crippen LogP contribution in [0, 0.1) is 11.3 Å². The van der Waals surface area contributed by atoms with Crippen LogP contribution in [0.3, 0.4) is 0 Å². The Kier molecular flexibility index (Phi) is 3.79. The Morgan fingerprint density at radius 1 is 1.50 bits per heavy atom. The van der Waals surface area contributed by atoms with Gasteiger partial charge in [0.15, 0.2) is 0 Å². The predicted molar refractivity (Wildman–Crippen MR) is 68.0 cm³/mol. The molecule has 5 nitrogen and oxygen atoms in total. The van der Waals surface area contributed by atoms with E-state index in [2.05, 4.69) is 15.3 Å². The van der Waals surface area contributed by atoms with E-state index in [-0.39, 0.29) is 11.4 Å². The number of nitrogens with zero attached hydrogens (tertiary/aromatic N) is 3. The highest BCUT2D eigenvalue weighted by Gasteiger charge is 2.12. The van der Waals surface area contributed by atoms with Crippen molar-refractivity contribution in [1.29, 1.82) is 5.26 Å². The van der Waals surface area contributed by atoms with Crippen LogP contribution in [0.15, 0.2) is 47.9 Å². The lowest BCUT2D eigenvalue weighted by Crippen LogP contribution is -2.02. The summed E-state index contributed by atoms with van der Waals surface area (Å²) in [5.41, 5.74) is 0.0307. The third kappa shape index (κ3) is 2.78. The summed E-state index contributed by atoms with van der Waals surface area (Å²) in [5, 5.41) is 13.5. The number of allylic oxidation sites excluding steroid dienone is 1. The summed E-state index contributed by atoms with van der Waals surface area (Å²) in [6.07, 6.45) is 5.90. The number of thiophene rings is 1. The van der Waals surface area contributed by atoms with Crippen molar-refractivity contribution in [2.45, 2.75) is 0 Å². The van der Waals surface area contributed by atoms with E-state index < -0.39 is 0 Å². The molecule has 0 atom stereocenters. The summed E-state index contributed by atoms with van der Waals surface area (Å²) in [5.74, 6) is 0.174. The fourth-order valence-electron chi connectivity index (χ4n) is 1.21. The van der Waals surface area contributed by atoms with Gasteiger partial charge in [-0.25, -0.2) is 4.98 Å². The highest BCUT2D eigenvalue weighted by molar-refractivity contribution is 7.12. The van der Waals surface area contributed by atoms with E-state index in [1.165, 1.54) is 36.1 Å². The Balaban J connectivity index is 2.15. The van der Waals surface area contributed by atoms with Crippen LogP contribution in [0.25, 0.3) is 0 Å². The topological polar surface area (TPSA) is 78.7 Å². The van der Waals surface area contributed by atoms with Gasteiger partial charge in [-0.05, 0) is 11.4 Å². The molecule has 2 rings (SSSR count). The molecule has 1 N–H and O–H groups in total. The Labute approximate surface area is 107 Å². The molecule has 0 unspecified atom stereocenters. The molecule has 18 heavy (non-hydrogen) atoms. The van der Waals surface area contributed by atoms with Crippen molar-refractivity contribution < 1.29 is 4.79 Å². The monoisotopic (exact) mass is 256 g/mol. The normalized spacial score (nSPS) is 10.7. The van der Waals surface area contributed by atoms with Gasteiger partial charge in [0, 0.05) is 18.6 Å². The average molecular weight is 256 g/mol. The lowest BCUT2D eigenvalue weighted by Gasteiger charge is -1.99. The van der Waals surface area contributed by atoms with Crippen LogP contribution in [0.5, 0.6) is 0 Å². The highest BCUT2D eigenvalue weighted by atomic mass is 32.1. The van der Waals surface area contributed by atoms with Crippen molar-refractivity contribution >= 4 is 22.9 Å². The highest BCUT2D eigenvalue weighted by Crippen LogP contribution is 2.14. The van der Waals surface area contributed by atoms with Gasteiger partial charge >= 0.3 is 0 Å². The third-order valence-corrected chi connectivity index (χ3v) is 2.91. The number of carbonyl (C=O) groups excluding carboxylic acids is 1. The molecule has 2 aromatic heterocycles. The first-order chi connectivity index (χ1) is 8.81. The summed E-state index contributed by atoms with van der Waals surface area (Å²) in [6.45, 7) is 0. The molecular weight excluding hydrogens is 248 g/mol. The molecule has 0 amide bonds. The number of Topliss-reactive ketones (excluding diaryl/α,β-unsaturated/α-hetero) is 1. The van der Waals surface area contributed by atoms with Gasteiger partial charge in [0.2, 0.25) is 5.78 Å². The molecule has 0 saturated carbocycles. The van der Waals surface area contributed by atoms with E-state index in [9.17, 15) is 4.79 Å². The molecule has 2 heterocycles. The Hall–Kier alpha value is -2.52. The second-order valence-electron chi connectivity index (χ2n) is 3.21. The first-order valence-electron chi connectivity index (χ1n) is 5.02. The minimum atomic E-state index is -0.302. The van der Waals surface area contributed by atoms with E-state index in [0.29, 0.717) is 10.7 Å². The fourth-order valence-corrected chi connectivity index (χ4v) is 1.89. The maximum absolute atomic E-state index is 11.9. The SMILES string of the molecule is N#CC(=CNc1cnccn1)C(=O)c1cccs1. The minimum absolute atomic E-state index is 0.0307. The van der Waals surface area contributed by atoms with E-state index in [4.69, 9.17) is 5.26 Å². The first-order valence-corrected chi connectivity index (χ1v) is 5.90. The fraction of sp³-hybridized carbons (Fsp3) is 0. The maximum atomic E-state index is 11.9. The van der Waals surface area contributed by atoms with Crippen LogP contribution in [0.4, 0.5) is 5.82 Å². The summed E-state index contributed by atoms with van der Waals surface area (Å²) in [7, 11) is 0. The number of rotatable bonds is 4. The zero-order valence-corrected chi connectivity index (χ0v) is 10.0. The minimum Gasteiger partial charge on any atom is -0.344 e. The van der Waals surface area contributed by atoms with Crippen LogP contribution < -0.4 is 5.32 Å². The lowest BCUT2D eigenvalue weighted by molar-refractivity contribution is 0.104. The van der Waals surface area contributed by atoms with Gasteiger partial charge in [-0.15, -0.1) is 11.3 Å². The molecule has 0 aliphatic heterocycles. The number of hydrogen-bond acceptors (Lipinski definition) is 6. The van der Waals surface area contributed by atoms with Crippen molar-refractivity contribution in [3.05, 3.63) is 52.8 Å². The summed E-state index contributed by atoms with van der Waals surface area (Å²) in [6, 6.07) is 5.32. The second kappa shape index (κ2) is 5.70. The van der Waals surface area contributed by atoms with Crippen molar-refractivity contribution in [2.24, 2.45) is 0 Å². The summed E-state index contributed by atoms with van der Waals surface area (Å²) >= 11 is 1.30. The van der Waals surface area contributed by atoms with Gasteiger partial charge < -0.3 is 5.32 Å². The van der Waals surface area contributed by atoms with Gasteiger partial charge in [0.25, 0.3) is 0 Å². The zero-order chi connectivity index (χ0) is 12.8. The van der Waals surface area contributed by atoms with Crippen molar-refractivity contribution in [3.63, 3.8) is 0 Å². The van der Waals surface area contributed by atoms with Gasteiger partial charge in [0.05, 0.1) is 11.1 Å². The number of nitrogens with one attached hydrogen (secondary N) is 1. The summed E-state index contributed by atoms with van der Waals surface area (Å²) < 4.78 is 0. The number of ketones is 1. The molecule has 0 aromatic carbocycles. The smallest absolute Gasteiger partial charge is 0.214 e. The Morgan fingerprint density at radius 3 is 3.00 bits per heavy atom. The number of nitriles is 1. The van der Waals surface area contributed by atoms with Crippen molar-refractivity contribution in [2.75, 3.05) is 5.32 Å². The third-order valence-electron chi connectivity index (χ3n) is 2.04.